The zero-order chi connectivity index (χ0) is 12.0. The van der Waals surface area contributed by atoms with Crippen molar-refractivity contribution in [3.63, 3.8) is 0 Å². The fraction of sp³-hybridized carbons (Fsp3) is 0.273. The zero-order valence-electron chi connectivity index (χ0n) is 8.70. The van der Waals surface area contributed by atoms with E-state index in [1.54, 1.807) is 0 Å². The molecule has 0 radical (unpaired) electrons. The Kier molecular flexibility index (Phi) is 4.80. The molecule has 0 amide bonds. The van der Waals surface area contributed by atoms with Crippen LogP contribution in [0.3, 0.4) is 0 Å². The van der Waals surface area contributed by atoms with Crippen LogP contribution in [0.2, 0.25) is 0 Å². The number of hydrogen-bond donors (Lipinski definition) is 0. The minimum atomic E-state index is -0.436. The average Bonchev–Trinajstić information content (AvgIpc) is 2.30. The SMILES string of the molecule is COC(=O)CCSc1ccc(F)cc1C#N. The molecule has 0 saturated heterocycles. The van der Waals surface area contributed by atoms with Gasteiger partial charge in [0.15, 0.2) is 0 Å². The predicted molar refractivity (Wildman–Crippen MR) is 58.5 cm³/mol. The highest BCUT2D eigenvalue weighted by Crippen LogP contribution is 2.23. The van der Waals surface area contributed by atoms with Gasteiger partial charge in [0, 0.05) is 10.6 Å². The van der Waals surface area contributed by atoms with Gasteiger partial charge in [0.1, 0.15) is 11.9 Å². The minimum Gasteiger partial charge on any atom is -0.469 e. The Morgan fingerprint density at radius 3 is 3.00 bits per heavy atom. The van der Waals surface area contributed by atoms with Gasteiger partial charge in [0.2, 0.25) is 0 Å². The molecule has 0 aliphatic heterocycles. The molecule has 0 N–H and O–H groups in total. The lowest BCUT2D eigenvalue weighted by Gasteiger charge is -2.03. The second kappa shape index (κ2) is 6.13. The van der Waals surface area contributed by atoms with Crippen LogP contribution in [-0.2, 0) is 9.53 Å². The van der Waals surface area contributed by atoms with E-state index in [4.69, 9.17) is 5.26 Å². The maximum Gasteiger partial charge on any atom is 0.306 e. The third kappa shape index (κ3) is 3.55. The van der Waals surface area contributed by atoms with Crippen molar-refractivity contribution < 1.29 is 13.9 Å². The number of methoxy groups -OCH3 is 1. The quantitative estimate of drug-likeness (QED) is 0.597. The molecule has 0 bridgehead atoms. The Hall–Kier alpha value is -1.54. The number of benzene rings is 1. The van der Waals surface area contributed by atoms with Crippen molar-refractivity contribution in [2.45, 2.75) is 11.3 Å². The van der Waals surface area contributed by atoms with Gasteiger partial charge < -0.3 is 4.74 Å². The van der Waals surface area contributed by atoms with E-state index in [2.05, 4.69) is 4.74 Å². The summed E-state index contributed by atoms with van der Waals surface area (Å²) in [7, 11) is 1.33. The summed E-state index contributed by atoms with van der Waals surface area (Å²) in [5, 5.41) is 8.78. The van der Waals surface area contributed by atoms with Crippen LogP contribution in [0.25, 0.3) is 0 Å². The Morgan fingerprint density at radius 2 is 2.38 bits per heavy atom. The Balaban J connectivity index is 2.61. The number of nitriles is 1. The third-order valence-electron chi connectivity index (χ3n) is 1.85. The monoisotopic (exact) mass is 239 g/mol. The van der Waals surface area contributed by atoms with Crippen LogP contribution < -0.4 is 0 Å². The number of halogens is 1. The second-order valence-corrected chi connectivity index (χ2v) is 4.06. The van der Waals surface area contributed by atoms with Crippen LogP contribution in [0.15, 0.2) is 23.1 Å². The molecular formula is C11H10FNO2S. The molecule has 0 atom stereocenters. The van der Waals surface area contributed by atoms with Crippen molar-refractivity contribution in [2.24, 2.45) is 0 Å². The summed E-state index contributed by atoms with van der Waals surface area (Å²) >= 11 is 1.33. The number of thioether (sulfide) groups is 1. The van der Waals surface area contributed by atoms with Crippen molar-refractivity contribution in [1.29, 1.82) is 5.26 Å². The van der Waals surface area contributed by atoms with E-state index in [1.807, 2.05) is 6.07 Å². The van der Waals surface area contributed by atoms with E-state index in [0.29, 0.717) is 10.6 Å². The van der Waals surface area contributed by atoms with Gasteiger partial charge in [-0.1, -0.05) is 0 Å². The zero-order valence-corrected chi connectivity index (χ0v) is 9.51. The molecule has 0 aromatic heterocycles. The summed E-state index contributed by atoms with van der Waals surface area (Å²) in [4.78, 5) is 11.5. The molecule has 1 aromatic carbocycles. The summed E-state index contributed by atoms with van der Waals surface area (Å²) in [6.07, 6.45) is 0.267. The summed E-state index contributed by atoms with van der Waals surface area (Å²) in [6.45, 7) is 0. The van der Waals surface area contributed by atoms with Gasteiger partial charge in [-0.25, -0.2) is 4.39 Å². The van der Waals surface area contributed by atoms with Gasteiger partial charge in [-0.05, 0) is 18.2 Å². The van der Waals surface area contributed by atoms with Crippen LogP contribution in [0.5, 0.6) is 0 Å². The molecule has 0 fully saturated rings. The van der Waals surface area contributed by atoms with Crippen LogP contribution in [0.4, 0.5) is 4.39 Å². The second-order valence-electron chi connectivity index (χ2n) is 2.93. The number of hydrogen-bond acceptors (Lipinski definition) is 4. The first kappa shape index (κ1) is 12.5. The molecule has 0 aliphatic carbocycles. The standard InChI is InChI=1S/C11H10FNO2S/c1-15-11(14)4-5-16-10-3-2-9(12)6-8(10)7-13/h2-3,6H,4-5H2,1H3. The van der Waals surface area contributed by atoms with Crippen LogP contribution in [0.1, 0.15) is 12.0 Å². The van der Waals surface area contributed by atoms with E-state index in [1.165, 1.54) is 37.1 Å². The van der Waals surface area contributed by atoms with Crippen LogP contribution >= 0.6 is 11.8 Å². The van der Waals surface area contributed by atoms with Crippen molar-refractivity contribution in [1.82, 2.24) is 0 Å². The van der Waals surface area contributed by atoms with Crippen molar-refractivity contribution in [3.8, 4) is 6.07 Å². The molecule has 0 heterocycles. The molecule has 0 spiro atoms. The van der Waals surface area contributed by atoms with E-state index in [9.17, 15) is 9.18 Å². The molecule has 0 saturated carbocycles. The Morgan fingerprint density at radius 1 is 1.62 bits per heavy atom. The maximum atomic E-state index is 12.8. The minimum absolute atomic E-state index is 0.267. The highest BCUT2D eigenvalue weighted by atomic mass is 32.2. The van der Waals surface area contributed by atoms with E-state index >= 15 is 0 Å². The molecule has 5 heteroatoms. The summed E-state index contributed by atoms with van der Waals surface area (Å²) < 4.78 is 17.3. The molecule has 3 nitrogen and oxygen atoms in total. The van der Waals surface area contributed by atoms with E-state index in [0.717, 1.165) is 0 Å². The molecule has 0 aliphatic rings. The number of carbonyl (C=O) groups is 1. The lowest BCUT2D eigenvalue weighted by Crippen LogP contribution is -2.01. The van der Waals surface area contributed by atoms with Crippen LogP contribution in [-0.4, -0.2) is 18.8 Å². The van der Waals surface area contributed by atoms with Gasteiger partial charge in [-0.2, -0.15) is 5.26 Å². The van der Waals surface area contributed by atoms with Gasteiger partial charge >= 0.3 is 5.97 Å². The number of esters is 1. The molecule has 0 unspecified atom stereocenters. The lowest BCUT2D eigenvalue weighted by atomic mass is 10.2. The first-order valence-corrected chi connectivity index (χ1v) is 5.55. The fourth-order valence-electron chi connectivity index (χ4n) is 1.06. The highest BCUT2D eigenvalue weighted by molar-refractivity contribution is 7.99. The fourth-order valence-corrected chi connectivity index (χ4v) is 1.97. The highest BCUT2D eigenvalue weighted by Gasteiger charge is 2.06. The Bertz CT molecular complexity index is 428. The smallest absolute Gasteiger partial charge is 0.306 e. The predicted octanol–water partition coefficient (Wildman–Crippen LogP) is 2.35. The first-order valence-electron chi connectivity index (χ1n) is 4.56. The molecule has 1 aromatic rings. The van der Waals surface area contributed by atoms with Crippen molar-refractivity contribution >= 4 is 17.7 Å². The van der Waals surface area contributed by atoms with Crippen molar-refractivity contribution in [3.05, 3.63) is 29.6 Å². The average molecular weight is 239 g/mol. The van der Waals surface area contributed by atoms with Crippen molar-refractivity contribution in [2.75, 3.05) is 12.9 Å². The van der Waals surface area contributed by atoms with Crippen LogP contribution in [0, 0.1) is 17.1 Å². The molecule has 1 rings (SSSR count). The molecule has 84 valence electrons. The van der Waals surface area contributed by atoms with E-state index in [-0.39, 0.29) is 18.0 Å². The topological polar surface area (TPSA) is 50.1 Å². The van der Waals surface area contributed by atoms with Gasteiger partial charge in [-0.3, -0.25) is 4.79 Å². The molecular weight excluding hydrogens is 229 g/mol. The largest absolute Gasteiger partial charge is 0.469 e. The molecule has 16 heavy (non-hydrogen) atoms. The summed E-state index contributed by atoms with van der Waals surface area (Å²) in [5.41, 5.74) is 0.287. The van der Waals surface area contributed by atoms with Gasteiger partial charge in [0.25, 0.3) is 0 Å². The van der Waals surface area contributed by atoms with Gasteiger partial charge in [-0.15, -0.1) is 11.8 Å². The summed E-state index contributed by atoms with van der Waals surface area (Å²) in [6, 6.07) is 5.92. The number of nitrogens with zero attached hydrogens (tertiary/aromatic N) is 1. The third-order valence-corrected chi connectivity index (χ3v) is 2.93. The normalized spacial score (nSPS) is 9.56. The first-order chi connectivity index (χ1) is 7.67. The number of carbonyl (C=O) groups excluding carboxylic acids is 1. The number of ether oxygens (including phenoxy) is 1. The lowest BCUT2D eigenvalue weighted by molar-refractivity contribution is -0.140. The number of rotatable bonds is 4. The van der Waals surface area contributed by atoms with E-state index < -0.39 is 5.82 Å². The maximum absolute atomic E-state index is 12.8. The van der Waals surface area contributed by atoms with Gasteiger partial charge in [0.05, 0.1) is 19.1 Å². The summed E-state index contributed by atoms with van der Waals surface area (Å²) in [5.74, 6) is -0.227. The Labute approximate surface area is 97.2 Å².